The van der Waals surface area contributed by atoms with Gasteiger partial charge in [0, 0.05) is 26.6 Å². The van der Waals surface area contributed by atoms with Crippen LogP contribution >= 0.6 is 0 Å². The van der Waals surface area contributed by atoms with E-state index in [4.69, 9.17) is 10.2 Å². The van der Waals surface area contributed by atoms with Gasteiger partial charge in [-0.1, -0.05) is 0 Å². The number of nitrogens with one attached hydrogen (secondary N) is 1. The molecule has 0 radical (unpaired) electrons. The first-order valence-electron chi connectivity index (χ1n) is 5.40. The third-order valence-electron chi connectivity index (χ3n) is 2.59. The molecule has 0 heterocycles. The van der Waals surface area contributed by atoms with E-state index in [-0.39, 0.29) is 13.0 Å². The summed E-state index contributed by atoms with van der Waals surface area (Å²) in [5.41, 5.74) is 0. The first-order valence-corrected chi connectivity index (χ1v) is 5.40. The van der Waals surface area contributed by atoms with Crippen LogP contribution in [0.1, 0.15) is 19.3 Å². The van der Waals surface area contributed by atoms with Crippen LogP contribution in [0.25, 0.3) is 0 Å². The molecule has 0 aromatic rings. The summed E-state index contributed by atoms with van der Waals surface area (Å²) in [7, 11) is 1.64. The van der Waals surface area contributed by atoms with E-state index in [2.05, 4.69) is 5.32 Å². The zero-order chi connectivity index (χ0) is 12.1. The predicted molar refractivity (Wildman–Crippen MR) is 57.0 cm³/mol. The molecule has 16 heavy (non-hydrogen) atoms. The lowest BCUT2D eigenvalue weighted by Gasteiger charge is -2.20. The van der Waals surface area contributed by atoms with Crippen molar-refractivity contribution in [1.82, 2.24) is 10.2 Å². The minimum atomic E-state index is -1.12. The Morgan fingerprint density at radius 2 is 2.12 bits per heavy atom. The summed E-state index contributed by atoms with van der Waals surface area (Å²) < 4.78 is 0. The summed E-state index contributed by atoms with van der Waals surface area (Å²) in [6.45, 7) is 0.404. The molecule has 0 aliphatic heterocycles. The SMILES string of the molecule is CN(CC1CC1)C(=O)N[C@@H](CCO)C(=O)O. The van der Waals surface area contributed by atoms with Crippen LogP contribution in [0.15, 0.2) is 0 Å². The first kappa shape index (κ1) is 12.8. The Morgan fingerprint density at radius 3 is 2.56 bits per heavy atom. The van der Waals surface area contributed by atoms with Crippen LogP contribution in [0, 0.1) is 5.92 Å². The van der Waals surface area contributed by atoms with Gasteiger partial charge in [-0.25, -0.2) is 9.59 Å². The number of carboxylic acids is 1. The van der Waals surface area contributed by atoms with Gasteiger partial charge in [-0.15, -0.1) is 0 Å². The molecular weight excluding hydrogens is 212 g/mol. The van der Waals surface area contributed by atoms with E-state index < -0.39 is 18.0 Å². The summed E-state index contributed by atoms with van der Waals surface area (Å²) >= 11 is 0. The van der Waals surface area contributed by atoms with Crippen LogP contribution in [-0.2, 0) is 4.79 Å². The number of carboxylic acid groups (broad SMARTS) is 1. The quantitative estimate of drug-likeness (QED) is 0.593. The molecule has 92 valence electrons. The highest BCUT2D eigenvalue weighted by atomic mass is 16.4. The summed E-state index contributed by atoms with van der Waals surface area (Å²) in [6.07, 6.45) is 2.30. The van der Waals surface area contributed by atoms with Crippen molar-refractivity contribution in [3.8, 4) is 0 Å². The number of amides is 2. The van der Waals surface area contributed by atoms with Gasteiger partial charge in [0.1, 0.15) is 6.04 Å². The van der Waals surface area contributed by atoms with Crippen LogP contribution < -0.4 is 5.32 Å². The molecule has 1 saturated carbocycles. The number of nitrogens with zero attached hydrogens (tertiary/aromatic N) is 1. The Morgan fingerprint density at radius 1 is 1.50 bits per heavy atom. The van der Waals surface area contributed by atoms with Crippen molar-refractivity contribution < 1.29 is 19.8 Å². The molecule has 1 aliphatic carbocycles. The lowest BCUT2D eigenvalue weighted by atomic mass is 10.2. The molecule has 0 spiro atoms. The van der Waals surface area contributed by atoms with E-state index >= 15 is 0 Å². The second-order valence-corrected chi connectivity index (χ2v) is 4.18. The minimum Gasteiger partial charge on any atom is -0.480 e. The molecular formula is C10H18N2O4. The van der Waals surface area contributed by atoms with Crippen LogP contribution in [0.2, 0.25) is 0 Å². The summed E-state index contributed by atoms with van der Waals surface area (Å²) in [5.74, 6) is -0.556. The normalized spacial score (nSPS) is 16.6. The second kappa shape index (κ2) is 5.69. The average molecular weight is 230 g/mol. The number of carbonyl (C=O) groups excluding carboxylic acids is 1. The maximum absolute atomic E-state index is 11.6. The van der Waals surface area contributed by atoms with Crippen molar-refractivity contribution >= 4 is 12.0 Å². The highest BCUT2D eigenvalue weighted by Crippen LogP contribution is 2.29. The van der Waals surface area contributed by atoms with E-state index in [0.717, 1.165) is 12.8 Å². The molecule has 1 atom stereocenters. The van der Waals surface area contributed by atoms with Crippen LogP contribution in [-0.4, -0.2) is 53.4 Å². The van der Waals surface area contributed by atoms with Crippen molar-refractivity contribution in [3.05, 3.63) is 0 Å². The van der Waals surface area contributed by atoms with E-state index in [1.807, 2.05) is 0 Å². The number of hydrogen-bond acceptors (Lipinski definition) is 3. The van der Waals surface area contributed by atoms with Crippen molar-refractivity contribution in [3.63, 3.8) is 0 Å². The van der Waals surface area contributed by atoms with Gasteiger partial charge < -0.3 is 20.4 Å². The van der Waals surface area contributed by atoms with Gasteiger partial charge in [0.05, 0.1) is 0 Å². The zero-order valence-electron chi connectivity index (χ0n) is 9.35. The topological polar surface area (TPSA) is 89.9 Å². The van der Waals surface area contributed by atoms with Crippen LogP contribution in [0.4, 0.5) is 4.79 Å². The van der Waals surface area contributed by atoms with Gasteiger partial charge >= 0.3 is 12.0 Å². The summed E-state index contributed by atoms with van der Waals surface area (Å²) in [5, 5.41) is 19.8. The van der Waals surface area contributed by atoms with Gasteiger partial charge in [-0.3, -0.25) is 0 Å². The van der Waals surface area contributed by atoms with Crippen LogP contribution in [0.5, 0.6) is 0 Å². The molecule has 3 N–H and O–H groups in total. The number of carbonyl (C=O) groups is 2. The minimum absolute atomic E-state index is 0.0261. The number of aliphatic hydroxyl groups excluding tert-OH is 1. The molecule has 0 saturated heterocycles. The van der Waals surface area contributed by atoms with Crippen molar-refractivity contribution in [2.75, 3.05) is 20.2 Å². The Bertz CT molecular complexity index is 266. The van der Waals surface area contributed by atoms with Gasteiger partial charge in [0.15, 0.2) is 0 Å². The van der Waals surface area contributed by atoms with Crippen molar-refractivity contribution in [2.45, 2.75) is 25.3 Å². The predicted octanol–water partition coefficient (Wildman–Crippen LogP) is -0.127. The summed E-state index contributed by atoms with van der Waals surface area (Å²) in [4.78, 5) is 23.8. The lowest BCUT2D eigenvalue weighted by molar-refractivity contribution is -0.139. The highest BCUT2D eigenvalue weighted by Gasteiger charge is 2.26. The van der Waals surface area contributed by atoms with Gasteiger partial charge in [-0.2, -0.15) is 0 Å². The molecule has 1 aliphatic rings. The molecule has 0 aromatic heterocycles. The number of rotatable bonds is 6. The largest absolute Gasteiger partial charge is 0.480 e. The van der Waals surface area contributed by atoms with E-state index in [1.54, 1.807) is 7.05 Å². The third-order valence-corrected chi connectivity index (χ3v) is 2.59. The molecule has 2 amide bonds. The Kier molecular flexibility index (Phi) is 4.54. The average Bonchev–Trinajstić information content (AvgIpc) is 3.00. The Labute approximate surface area is 94.2 Å². The van der Waals surface area contributed by atoms with Crippen LogP contribution in [0.3, 0.4) is 0 Å². The molecule has 0 unspecified atom stereocenters. The Hall–Kier alpha value is -1.30. The van der Waals surface area contributed by atoms with Crippen molar-refractivity contribution in [1.29, 1.82) is 0 Å². The standard InChI is InChI=1S/C10H18N2O4/c1-12(6-7-2-3-7)10(16)11-8(4-5-13)9(14)15/h7-8,13H,2-6H2,1H3,(H,11,16)(H,14,15)/t8-/m0/s1. The lowest BCUT2D eigenvalue weighted by Crippen LogP contribution is -2.47. The van der Waals surface area contributed by atoms with E-state index in [9.17, 15) is 9.59 Å². The highest BCUT2D eigenvalue weighted by molar-refractivity contribution is 5.82. The number of aliphatic carboxylic acids is 1. The maximum Gasteiger partial charge on any atom is 0.326 e. The molecule has 1 rings (SSSR count). The fourth-order valence-corrected chi connectivity index (χ4v) is 1.42. The van der Waals surface area contributed by atoms with Gasteiger partial charge in [0.25, 0.3) is 0 Å². The molecule has 6 nitrogen and oxygen atoms in total. The number of urea groups is 1. The van der Waals surface area contributed by atoms with Gasteiger partial charge in [0.2, 0.25) is 0 Å². The second-order valence-electron chi connectivity index (χ2n) is 4.18. The number of aliphatic hydroxyl groups is 1. The zero-order valence-corrected chi connectivity index (χ0v) is 9.35. The monoisotopic (exact) mass is 230 g/mol. The smallest absolute Gasteiger partial charge is 0.326 e. The fourth-order valence-electron chi connectivity index (χ4n) is 1.42. The number of hydrogen-bond donors (Lipinski definition) is 3. The van der Waals surface area contributed by atoms with Gasteiger partial charge in [-0.05, 0) is 18.8 Å². The fraction of sp³-hybridized carbons (Fsp3) is 0.800. The third kappa shape index (κ3) is 4.06. The first-order chi connectivity index (χ1) is 7.54. The molecule has 0 aromatic carbocycles. The summed E-state index contributed by atoms with van der Waals surface area (Å²) in [6, 6.07) is -1.41. The van der Waals surface area contributed by atoms with E-state index in [0.29, 0.717) is 12.5 Å². The van der Waals surface area contributed by atoms with Crippen molar-refractivity contribution in [2.24, 2.45) is 5.92 Å². The van der Waals surface area contributed by atoms with E-state index in [1.165, 1.54) is 4.90 Å². The molecule has 6 heteroatoms. The maximum atomic E-state index is 11.6. The Balaban J connectivity index is 2.36. The molecule has 0 bridgehead atoms. The molecule has 1 fully saturated rings.